The van der Waals surface area contributed by atoms with Crippen molar-refractivity contribution in [3.8, 4) is 0 Å². The lowest BCUT2D eigenvalue weighted by Crippen LogP contribution is -2.30. The Bertz CT molecular complexity index is 1110. The van der Waals surface area contributed by atoms with E-state index in [-0.39, 0.29) is 31.1 Å². The van der Waals surface area contributed by atoms with Crippen LogP contribution in [0.3, 0.4) is 0 Å². The minimum Gasteiger partial charge on any atom is -0.462 e. The lowest BCUT2D eigenvalue weighted by Gasteiger charge is -2.18. The third-order valence-corrected chi connectivity index (χ3v) is 13.9. The van der Waals surface area contributed by atoms with Crippen LogP contribution in [0, 0.1) is 0 Å². The molecule has 0 radical (unpaired) electrons. The van der Waals surface area contributed by atoms with Gasteiger partial charge in [-0.3, -0.25) is 14.4 Å². The smallest absolute Gasteiger partial charge is 0.306 e. The number of unbranched alkanes of at least 4 members (excludes halogenated alkanes) is 42. The van der Waals surface area contributed by atoms with Gasteiger partial charge in [-0.15, -0.1) is 0 Å². The first-order valence-corrected chi connectivity index (χ1v) is 30.8. The average Bonchev–Trinajstić information content (AvgIpc) is 3.35. The molecule has 0 aliphatic rings. The van der Waals surface area contributed by atoms with Gasteiger partial charge in [0, 0.05) is 19.3 Å². The van der Waals surface area contributed by atoms with E-state index in [1.54, 1.807) is 0 Å². The summed E-state index contributed by atoms with van der Waals surface area (Å²) < 4.78 is 16.9. The lowest BCUT2D eigenvalue weighted by molar-refractivity contribution is -0.167. The fourth-order valence-corrected chi connectivity index (χ4v) is 9.26. The molecule has 0 aliphatic heterocycles. The third-order valence-electron chi connectivity index (χ3n) is 13.9. The van der Waals surface area contributed by atoms with Crippen LogP contribution in [0.25, 0.3) is 0 Å². The van der Waals surface area contributed by atoms with E-state index in [1.165, 1.54) is 238 Å². The molecule has 0 aromatic carbocycles. The van der Waals surface area contributed by atoms with Crippen molar-refractivity contribution in [2.24, 2.45) is 0 Å². The average molecular weight is 972 g/mol. The standard InChI is InChI=1S/C63H118O6/c1-4-7-10-13-16-19-22-25-28-29-30-31-32-33-36-39-42-45-48-51-54-57-63(66)69-60(58-67-61(64)55-52-49-46-43-40-37-34-26-23-20-17-14-11-8-5-2)59-68-62(65)56-53-50-47-44-41-38-35-27-24-21-18-15-12-9-6-3/h25-26,28,34,60H,4-24,27,29-33,35-59H2,1-3H3/b28-25-,34-26-/t60-/m1/s1. The molecular weight excluding hydrogens is 853 g/mol. The molecule has 0 heterocycles. The Morgan fingerprint density at radius 3 is 0.725 bits per heavy atom. The largest absolute Gasteiger partial charge is 0.462 e. The molecule has 0 aromatic rings. The molecule has 0 aromatic heterocycles. The van der Waals surface area contributed by atoms with Crippen molar-refractivity contribution in [1.82, 2.24) is 0 Å². The van der Waals surface area contributed by atoms with Gasteiger partial charge in [0.1, 0.15) is 13.2 Å². The Labute approximate surface area is 430 Å². The van der Waals surface area contributed by atoms with Gasteiger partial charge in [-0.05, 0) is 70.6 Å². The number of esters is 3. The second-order valence-corrected chi connectivity index (χ2v) is 21.0. The van der Waals surface area contributed by atoms with Crippen LogP contribution in [0.4, 0.5) is 0 Å². The normalized spacial score (nSPS) is 12.1. The van der Waals surface area contributed by atoms with E-state index in [0.29, 0.717) is 19.3 Å². The molecule has 0 saturated heterocycles. The first-order valence-electron chi connectivity index (χ1n) is 30.8. The van der Waals surface area contributed by atoms with Gasteiger partial charge in [-0.25, -0.2) is 0 Å². The minimum atomic E-state index is -0.771. The van der Waals surface area contributed by atoms with Gasteiger partial charge in [0.05, 0.1) is 0 Å². The lowest BCUT2D eigenvalue weighted by atomic mass is 10.0. The van der Waals surface area contributed by atoms with Crippen molar-refractivity contribution in [2.75, 3.05) is 13.2 Å². The number of carbonyl (C=O) groups is 3. The zero-order valence-electron chi connectivity index (χ0n) is 46.6. The molecule has 0 N–H and O–H groups in total. The first kappa shape index (κ1) is 66.9. The van der Waals surface area contributed by atoms with Gasteiger partial charge in [0.2, 0.25) is 0 Å². The highest BCUT2D eigenvalue weighted by molar-refractivity contribution is 5.71. The molecule has 0 amide bonds. The number of carbonyl (C=O) groups excluding carboxylic acids is 3. The van der Waals surface area contributed by atoms with E-state index in [9.17, 15) is 14.4 Å². The summed E-state index contributed by atoms with van der Waals surface area (Å²) in [6.07, 6.45) is 68.9. The molecule has 0 saturated carbocycles. The highest BCUT2D eigenvalue weighted by Crippen LogP contribution is 2.17. The van der Waals surface area contributed by atoms with E-state index >= 15 is 0 Å². The van der Waals surface area contributed by atoms with Crippen LogP contribution in [0.1, 0.15) is 342 Å². The topological polar surface area (TPSA) is 78.9 Å². The summed E-state index contributed by atoms with van der Waals surface area (Å²) in [5.41, 5.74) is 0. The van der Waals surface area contributed by atoms with Crippen molar-refractivity contribution in [3.05, 3.63) is 24.3 Å². The van der Waals surface area contributed by atoms with Crippen LogP contribution in [0.2, 0.25) is 0 Å². The molecule has 0 rings (SSSR count). The molecule has 0 fully saturated rings. The van der Waals surface area contributed by atoms with Crippen LogP contribution < -0.4 is 0 Å². The Morgan fingerprint density at radius 1 is 0.275 bits per heavy atom. The Balaban J connectivity index is 4.31. The van der Waals surface area contributed by atoms with Gasteiger partial charge in [-0.2, -0.15) is 0 Å². The van der Waals surface area contributed by atoms with Crippen LogP contribution >= 0.6 is 0 Å². The zero-order chi connectivity index (χ0) is 50.0. The molecule has 1 atom stereocenters. The number of rotatable bonds is 57. The Kier molecular flexibility index (Phi) is 56.7. The van der Waals surface area contributed by atoms with E-state index in [4.69, 9.17) is 14.2 Å². The summed E-state index contributed by atoms with van der Waals surface area (Å²) in [6.45, 7) is 6.68. The van der Waals surface area contributed by atoms with Crippen molar-refractivity contribution in [3.63, 3.8) is 0 Å². The van der Waals surface area contributed by atoms with Crippen LogP contribution in [0.5, 0.6) is 0 Å². The monoisotopic (exact) mass is 971 g/mol. The van der Waals surface area contributed by atoms with Crippen LogP contribution in [-0.4, -0.2) is 37.2 Å². The second kappa shape index (κ2) is 58.5. The minimum absolute atomic E-state index is 0.0691. The van der Waals surface area contributed by atoms with Gasteiger partial charge in [0.15, 0.2) is 6.10 Å². The maximum atomic E-state index is 12.9. The van der Waals surface area contributed by atoms with Gasteiger partial charge < -0.3 is 14.2 Å². The van der Waals surface area contributed by atoms with Crippen molar-refractivity contribution >= 4 is 17.9 Å². The highest BCUT2D eigenvalue weighted by Gasteiger charge is 2.19. The quantitative estimate of drug-likeness (QED) is 0.0261. The zero-order valence-corrected chi connectivity index (χ0v) is 46.6. The number of hydrogen-bond donors (Lipinski definition) is 0. The molecule has 0 bridgehead atoms. The molecule has 0 unspecified atom stereocenters. The summed E-state index contributed by atoms with van der Waals surface area (Å²) in [5.74, 6) is -0.855. The molecule has 69 heavy (non-hydrogen) atoms. The Morgan fingerprint density at radius 2 is 0.478 bits per heavy atom. The maximum absolute atomic E-state index is 12.9. The highest BCUT2D eigenvalue weighted by atomic mass is 16.6. The maximum Gasteiger partial charge on any atom is 0.306 e. The van der Waals surface area contributed by atoms with Crippen molar-refractivity contribution in [1.29, 1.82) is 0 Å². The number of hydrogen-bond acceptors (Lipinski definition) is 6. The molecule has 0 aliphatic carbocycles. The second-order valence-electron chi connectivity index (χ2n) is 21.0. The Hall–Kier alpha value is -2.11. The van der Waals surface area contributed by atoms with E-state index in [1.807, 2.05) is 0 Å². The summed E-state index contributed by atoms with van der Waals surface area (Å²) in [6, 6.07) is 0. The number of allylic oxidation sites excluding steroid dienone is 4. The molecule has 6 nitrogen and oxygen atoms in total. The molecular formula is C63H118O6. The summed E-state index contributed by atoms with van der Waals surface area (Å²) in [5, 5.41) is 0. The third kappa shape index (κ3) is 56.7. The van der Waals surface area contributed by atoms with Crippen LogP contribution in [-0.2, 0) is 28.6 Å². The fourth-order valence-electron chi connectivity index (χ4n) is 9.26. The fraction of sp³-hybridized carbons (Fsp3) is 0.889. The van der Waals surface area contributed by atoms with Gasteiger partial charge in [0.25, 0.3) is 0 Å². The van der Waals surface area contributed by atoms with Gasteiger partial charge >= 0.3 is 17.9 Å². The predicted octanol–water partition coefficient (Wildman–Crippen LogP) is 20.7. The molecule has 0 spiro atoms. The van der Waals surface area contributed by atoms with E-state index in [0.717, 1.165) is 64.2 Å². The predicted molar refractivity (Wildman–Crippen MR) is 298 cm³/mol. The van der Waals surface area contributed by atoms with Crippen molar-refractivity contribution in [2.45, 2.75) is 348 Å². The number of ether oxygens (including phenoxy) is 3. The molecule has 6 heteroatoms. The van der Waals surface area contributed by atoms with E-state index < -0.39 is 6.10 Å². The van der Waals surface area contributed by atoms with E-state index in [2.05, 4.69) is 45.1 Å². The first-order chi connectivity index (χ1) is 34.0. The van der Waals surface area contributed by atoms with Crippen LogP contribution in [0.15, 0.2) is 24.3 Å². The summed E-state index contributed by atoms with van der Waals surface area (Å²) >= 11 is 0. The van der Waals surface area contributed by atoms with Gasteiger partial charge in [-0.1, -0.05) is 276 Å². The summed E-state index contributed by atoms with van der Waals surface area (Å²) in [7, 11) is 0. The summed E-state index contributed by atoms with van der Waals surface area (Å²) in [4.78, 5) is 38.2. The SMILES string of the molecule is CCCCCCCC/C=C\CCCCCCCCCCCCCC(=O)O[C@H](COC(=O)CCCCCCC/C=C\CCCCCCCC)COC(=O)CCCCCCCCCCCCCCCCC. The molecule has 406 valence electrons. The van der Waals surface area contributed by atoms with Crippen molar-refractivity contribution < 1.29 is 28.6 Å².